The Hall–Kier alpha value is -1.69. The van der Waals surface area contributed by atoms with Crippen LogP contribution in [0.5, 0.6) is 0 Å². The summed E-state index contributed by atoms with van der Waals surface area (Å²) in [6.45, 7) is 0. The number of nitrogen functional groups attached to an aromatic ring is 1. The molecule has 100 valence electrons. The molecule has 2 rings (SSSR count). The van der Waals surface area contributed by atoms with Crippen LogP contribution in [0.4, 0.5) is 19.0 Å². The van der Waals surface area contributed by atoms with Gasteiger partial charge in [0.2, 0.25) is 0 Å². The minimum Gasteiger partial charge on any atom is -0.384 e. The van der Waals surface area contributed by atoms with Gasteiger partial charge in [0.25, 0.3) is 0 Å². The van der Waals surface area contributed by atoms with Gasteiger partial charge in [-0.1, -0.05) is 12.1 Å². The highest BCUT2D eigenvalue weighted by Gasteiger charge is 2.29. The second kappa shape index (κ2) is 5.13. The van der Waals surface area contributed by atoms with Crippen LogP contribution in [-0.4, -0.2) is 11.2 Å². The Labute approximate surface area is 112 Å². The maximum absolute atomic E-state index is 12.5. The van der Waals surface area contributed by atoms with E-state index in [9.17, 15) is 13.2 Å². The smallest absolute Gasteiger partial charge is 0.384 e. The fourth-order valence-corrected chi connectivity index (χ4v) is 2.09. The van der Waals surface area contributed by atoms with Crippen LogP contribution in [0.2, 0.25) is 0 Å². The van der Waals surface area contributed by atoms with E-state index >= 15 is 0 Å². The van der Waals surface area contributed by atoms with Crippen LogP contribution in [0.25, 0.3) is 11.3 Å². The summed E-state index contributed by atoms with van der Waals surface area (Å²) in [5, 5.41) is 0. The first-order valence-corrected chi connectivity index (χ1v) is 6.62. The van der Waals surface area contributed by atoms with Gasteiger partial charge >= 0.3 is 6.18 Å². The number of nitrogens with two attached hydrogens (primary N) is 1. The van der Waals surface area contributed by atoms with Crippen molar-refractivity contribution >= 4 is 17.6 Å². The zero-order chi connectivity index (χ0) is 14.0. The number of anilines is 1. The average molecular weight is 284 g/mol. The molecule has 0 saturated heterocycles. The molecule has 6 heteroatoms. The van der Waals surface area contributed by atoms with Crippen LogP contribution in [0.1, 0.15) is 5.56 Å². The molecule has 0 unspecified atom stereocenters. The van der Waals surface area contributed by atoms with Crippen LogP contribution in [0.15, 0.2) is 41.3 Å². The Morgan fingerprint density at radius 3 is 2.26 bits per heavy atom. The van der Waals surface area contributed by atoms with E-state index in [1.807, 2.05) is 6.26 Å². The Morgan fingerprint density at radius 1 is 1.11 bits per heavy atom. The molecule has 2 nitrogen and oxygen atoms in total. The van der Waals surface area contributed by atoms with Crippen molar-refractivity contribution in [2.45, 2.75) is 11.1 Å². The van der Waals surface area contributed by atoms with Crippen molar-refractivity contribution in [1.29, 1.82) is 0 Å². The molecule has 0 amide bonds. The third-order valence-corrected chi connectivity index (χ3v) is 3.27. The second-order valence-corrected chi connectivity index (χ2v) is 4.77. The number of thioether (sulfide) groups is 1. The monoisotopic (exact) mass is 284 g/mol. The number of hydrogen-bond acceptors (Lipinski definition) is 3. The summed E-state index contributed by atoms with van der Waals surface area (Å²) in [6.07, 6.45) is -2.43. The lowest BCUT2D eigenvalue weighted by atomic mass is 10.1. The van der Waals surface area contributed by atoms with E-state index in [1.54, 1.807) is 12.1 Å². The van der Waals surface area contributed by atoms with Gasteiger partial charge in [0.15, 0.2) is 0 Å². The molecule has 2 N–H and O–H groups in total. The van der Waals surface area contributed by atoms with Gasteiger partial charge in [-0.15, -0.1) is 11.8 Å². The minimum atomic E-state index is -4.33. The molecular weight excluding hydrogens is 273 g/mol. The van der Waals surface area contributed by atoms with Gasteiger partial charge in [0.1, 0.15) is 5.82 Å². The molecule has 0 atom stereocenters. The first-order valence-electron chi connectivity index (χ1n) is 5.39. The molecule has 0 fully saturated rings. The summed E-state index contributed by atoms with van der Waals surface area (Å²) in [5.74, 6) is 0.349. The number of aromatic nitrogens is 1. The van der Waals surface area contributed by atoms with E-state index < -0.39 is 11.7 Å². The molecule has 2 aromatic rings. The SMILES string of the molecule is CSc1cc(N)nc(-c2ccc(C(F)(F)F)cc2)c1. The Kier molecular flexibility index (Phi) is 3.71. The largest absolute Gasteiger partial charge is 0.416 e. The number of pyridine rings is 1. The molecule has 0 bridgehead atoms. The topological polar surface area (TPSA) is 38.9 Å². The van der Waals surface area contributed by atoms with E-state index in [2.05, 4.69) is 4.98 Å². The van der Waals surface area contributed by atoms with Gasteiger partial charge in [-0.2, -0.15) is 13.2 Å². The Balaban J connectivity index is 2.40. The van der Waals surface area contributed by atoms with Crippen LogP contribution >= 0.6 is 11.8 Å². The number of hydrogen-bond donors (Lipinski definition) is 1. The lowest BCUT2D eigenvalue weighted by molar-refractivity contribution is -0.137. The highest BCUT2D eigenvalue weighted by molar-refractivity contribution is 7.98. The lowest BCUT2D eigenvalue weighted by Crippen LogP contribution is -2.04. The molecule has 19 heavy (non-hydrogen) atoms. The predicted molar refractivity (Wildman–Crippen MR) is 70.9 cm³/mol. The van der Waals surface area contributed by atoms with Crippen molar-refractivity contribution < 1.29 is 13.2 Å². The predicted octanol–water partition coefficient (Wildman–Crippen LogP) is 4.07. The third-order valence-electron chi connectivity index (χ3n) is 2.56. The van der Waals surface area contributed by atoms with Crippen LogP contribution in [-0.2, 0) is 6.18 Å². The second-order valence-electron chi connectivity index (χ2n) is 3.89. The zero-order valence-electron chi connectivity index (χ0n) is 10.0. The third kappa shape index (κ3) is 3.20. The zero-order valence-corrected chi connectivity index (χ0v) is 10.8. The first kappa shape index (κ1) is 13.7. The summed E-state index contributed by atoms with van der Waals surface area (Å²) in [6, 6.07) is 8.39. The molecule has 0 aliphatic rings. The fourth-order valence-electron chi connectivity index (χ4n) is 1.62. The Morgan fingerprint density at radius 2 is 1.74 bits per heavy atom. The van der Waals surface area contributed by atoms with Crippen molar-refractivity contribution in [2.24, 2.45) is 0 Å². The molecule has 0 aliphatic heterocycles. The molecule has 1 heterocycles. The van der Waals surface area contributed by atoms with E-state index in [0.717, 1.165) is 17.0 Å². The van der Waals surface area contributed by atoms with Gasteiger partial charge in [-0.05, 0) is 30.5 Å². The van der Waals surface area contributed by atoms with E-state index in [-0.39, 0.29) is 0 Å². The normalized spacial score (nSPS) is 11.6. The highest BCUT2D eigenvalue weighted by Crippen LogP contribution is 2.31. The van der Waals surface area contributed by atoms with Crippen molar-refractivity contribution in [1.82, 2.24) is 4.98 Å². The minimum absolute atomic E-state index is 0.349. The molecule has 0 spiro atoms. The van der Waals surface area contributed by atoms with Gasteiger partial charge in [-0.25, -0.2) is 4.98 Å². The number of rotatable bonds is 2. The lowest BCUT2D eigenvalue weighted by Gasteiger charge is -2.08. The van der Waals surface area contributed by atoms with Gasteiger partial charge in [0.05, 0.1) is 11.3 Å². The van der Waals surface area contributed by atoms with Gasteiger partial charge in [-0.3, -0.25) is 0 Å². The number of alkyl halides is 3. The number of benzene rings is 1. The van der Waals surface area contributed by atoms with Crippen molar-refractivity contribution in [3.05, 3.63) is 42.0 Å². The quantitative estimate of drug-likeness (QED) is 0.845. The summed E-state index contributed by atoms with van der Waals surface area (Å²) < 4.78 is 37.4. The Bertz CT molecular complexity index is 579. The molecule has 0 aliphatic carbocycles. The maximum atomic E-state index is 12.5. The van der Waals surface area contributed by atoms with Crippen LogP contribution in [0, 0.1) is 0 Å². The summed E-state index contributed by atoms with van der Waals surface area (Å²) in [5.41, 5.74) is 6.17. The van der Waals surface area contributed by atoms with Crippen LogP contribution in [0.3, 0.4) is 0 Å². The maximum Gasteiger partial charge on any atom is 0.416 e. The number of halogens is 3. The standard InChI is InChI=1S/C13H11F3N2S/c1-19-10-6-11(18-12(17)7-10)8-2-4-9(5-3-8)13(14,15)16/h2-7H,1H3,(H2,17,18). The van der Waals surface area contributed by atoms with E-state index in [0.29, 0.717) is 17.1 Å². The average Bonchev–Trinajstić information content (AvgIpc) is 2.37. The summed E-state index contributed by atoms with van der Waals surface area (Å²) >= 11 is 1.50. The molecule has 0 radical (unpaired) electrons. The molecule has 1 aromatic heterocycles. The summed E-state index contributed by atoms with van der Waals surface area (Å²) in [7, 11) is 0. The molecule has 1 aromatic carbocycles. The summed E-state index contributed by atoms with van der Waals surface area (Å²) in [4.78, 5) is 5.05. The molecule has 0 saturated carbocycles. The van der Waals surface area contributed by atoms with E-state index in [1.165, 1.54) is 23.9 Å². The first-order chi connectivity index (χ1) is 8.90. The van der Waals surface area contributed by atoms with E-state index in [4.69, 9.17) is 5.73 Å². The van der Waals surface area contributed by atoms with Crippen LogP contribution < -0.4 is 5.73 Å². The van der Waals surface area contributed by atoms with Gasteiger partial charge < -0.3 is 5.73 Å². The van der Waals surface area contributed by atoms with Crippen molar-refractivity contribution in [3.8, 4) is 11.3 Å². The van der Waals surface area contributed by atoms with Crippen molar-refractivity contribution in [2.75, 3.05) is 12.0 Å². The fraction of sp³-hybridized carbons (Fsp3) is 0.154. The number of nitrogens with zero attached hydrogens (tertiary/aromatic N) is 1. The molecular formula is C13H11F3N2S. The van der Waals surface area contributed by atoms with Crippen molar-refractivity contribution in [3.63, 3.8) is 0 Å². The highest BCUT2D eigenvalue weighted by atomic mass is 32.2. The van der Waals surface area contributed by atoms with Gasteiger partial charge in [0, 0.05) is 10.5 Å².